The highest BCUT2D eigenvalue weighted by molar-refractivity contribution is 9.10. The number of hydrogen-bond acceptors (Lipinski definition) is 7. The predicted molar refractivity (Wildman–Crippen MR) is 118 cm³/mol. The van der Waals surface area contributed by atoms with Crippen LogP contribution in [0.1, 0.15) is 23.6 Å². The second kappa shape index (κ2) is 9.94. The van der Waals surface area contributed by atoms with Gasteiger partial charge in [0.1, 0.15) is 11.1 Å². The number of hydrogen-bond donors (Lipinski definition) is 0. The van der Waals surface area contributed by atoms with Crippen LogP contribution < -0.4 is 9.47 Å². The number of benzene rings is 2. The molecule has 1 heterocycles. The van der Waals surface area contributed by atoms with Gasteiger partial charge in [0.25, 0.3) is 0 Å². The van der Waals surface area contributed by atoms with E-state index in [2.05, 4.69) is 26.1 Å². The molecule has 3 rings (SSSR count). The van der Waals surface area contributed by atoms with Gasteiger partial charge in [0.05, 0.1) is 13.7 Å². The molecule has 1 aromatic heterocycles. The summed E-state index contributed by atoms with van der Waals surface area (Å²) in [6, 6.07) is 13.2. The Labute approximate surface area is 186 Å². The lowest BCUT2D eigenvalue weighted by Crippen LogP contribution is -2.12. The first-order chi connectivity index (χ1) is 14.4. The molecule has 10 heteroatoms. The van der Waals surface area contributed by atoms with E-state index in [4.69, 9.17) is 9.47 Å². The minimum absolute atomic E-state index is 0.290. The summed E-state index contributed by atoms with van der Waals surface area (Å²) in [6.07, 6.45) is 0. The third-order valence-electron chi connectivity index (χ3n) is 4.30. The summed E-state index contributed by atoms with van der Waals surface area (Å²) in [5.74, 6) is 1.79. The quantitative estimate of drug-likeness (QED) is 0.239. The summed E-state index contributed by atoms with van der Waals surface area (Å²) < 4.78 is 13.6. The number of nitro groups is 1. The maximum Gasteiger partial charge on any atom is 0.220 e. The van der Waals surface area contributed by atoms with Gasteiger partial charge in [0, 0.05) is 15.1 Å². The minimum Gasteiger partial charge on any atom is -0.493 e. The van der Waals surface area contributed by atoms with Gasteiger partial charge in [-0.3, -0.25) is 14.7 Å². The number of methoxy groups -OCH3 is 1. The second-order valence-corrected chi connectivity index (χ2v) is 8.30. The standard InChI is InChI=1S/C20H21BrN4O4S/c1-4-29-18-10-15(16(21)11-17(18)28-3)19(12-24(26)27)30-20-23-22-13(2)25(20)14-8-6-5-7-9-14/h5-11,19H,4,12H2,1-3H3/t19-/m0/s1. The Hall–Kier alpha value is -2.59. The summed E-state index contributed by atoms with van der Waals surface area (Å²) in [4.78, 5) is 11.1. The highest BCUT2D eigenvalue weighted by Crippen LogP contribution is 2.43. The zero-order valence-electron chi connectivity index (χ0n) is 16.7. The zero-order chi connectivity index (χ0) is 21.7. The Morgan fingerprint density at radius 3 is 2.60 bits per heavy atom. The van der Waals surface area contributed by atoms with Crippen LogP contribution in [0.15, 0.2) is 52.1 Å². The third-order valence-corrected chi connectivity index (χ3v) is 6.15. The molecule has 0 fully saturated rings. The fourth-order valence-electron chi connectivity index (χ4n) is 2.98. The normalized spacial score (nSPS) is 11.9. The largest absolute Gasteiger partial charge is 0.493 e. The highest BCUT2D eigenvalue weighted by Gasteiger charge is 2.27. The van der Waals surface area contributed by atoms with Crippen molar-refractivity contribution in [1.82, 2.24) is 14.8 Å². The van der Waals surface area contributed by atoms with Crippen LogP contribution in [0.25, 0.3) is 5.69 Å². The summed E-state index contributed by atoms with van der Waals surface area (Å²) in [7, 11) is 1.55. The fraction of sp³-hybridized carbons (Fsp3) is 0.300. The van der Waals surface area contributed by atoms with Crippen molar-refractivity contribution in [2.24, 2.45) is 0 Å². The molecule has 8 nitrogen and oxygen atoms in total. The molecule has 0 aliphatic rings. The van der Waals surface area contributed by atoms with Gasteiger partial charge in [-0.15, -0.1) is 10.2 Å². The zero-order valence-corrected chi connectivity index (χ0v) is 19.1. The van der Waals surface area contributed by atoms with E-state index in [0.717, 1.165) is 11.3 Å². The molecule has 3 aromatic rings. The molecule has 1 atom stereocenters. The number of rotatable bonds is 9. The highest BCUT2D eigenvalue weighted by atomic mass is 79.9. The topological polar surface area (TPSA) is 92.3 Å². The van der Waals surface area contributed by atoms with E-state index in [-0.39, 0.29) is 11.5 Å². The molecule has 0 saturated heterocycles. The fourth-order valence-corrected chi connectivity index (χ4v) is 4.93. The van der Waals surface area contributed by atoms with Gasteiger partial charge < -0.3 is 9.47 Å². The molecule has 0 N–H and O–H groups in total. The summed E-state index contributed by atoms with van der Waals surface area (Å²) in [6.45, 7) is 3.88. The summed E-state index contributed by atoms with van der Waals surface area (Å²) in [5.41, 5.74) is 1.62. The lowest BCUT2D eigenvalue weighted by atomic mass is 10.1. The second-order valence-electron chi connectivity index (χ2n) is 6.28. The first kappa shape index (κ1) is 22.1. The van der Waals surface area contributed by atoms with Crippen LogP contribution in [-0.2, 0) is 0 Å². The molecule has 158 valence electrons. The molecule has 0 amide bonds. The van der Waals surface area contributed by atoms with E-state index in [0.29, 0.717) is 33.6 Å². The molecular formula is C20H21BrN4O4S. The van der Waals surface area contributed by atoms with Crippen molar-refractivity contribution in [2.45, 2.75) is 24.3 Å². The van der Waals surface area contributed by atoms with Gasteiger partial charge in [-0.2, -0.15) is 0 Å². The lowest BCUT2D eigenvalue weighted by molar-refractivity contribution is -0.479. The average molecular weight is 493 g/mol. The van der Waals surface area contributed by atoms with Crippen LogP contribution in [0.5, 0.6) is 11.5 Å². The van der Waals surface area contributed by atoms with Gasteiger partial charge in [0.2, 0.25) is 6.54 Å². The van der Waals surface area contributed by atoms with Gasteiger partial charge in [-0.25, -0.2) is 0 Å². The van der Waals surface area contributed by atoms with E-state index >= 15 is 0 Å². The predicted octanol–water partition coefficient (Wildman–Crippen LogP) is 4.86. The Morgan fingerprint density at radius 1 is 1.23 bits per heavy atom. The number of nitrogens with zero attached hydrogens (tertiary/aromatic N) is 4. The van der Waals surface area contributed by atoms with E-state index in [1.54, 1.807) is 19.2 Å². The smallest absolute Gasteiger partial charge is 0.220 e. The molecule has 0 aliphatic carbocycles. The van der Waals surface area contributed by atoms with E-state index < -0.39 is 5.25 Å². The molecular weight excluding hydrogens is 472 g/mol. The Kier molecular flexibility index (Phi) is 7.33. The van der Waals surface area contributed by atoms with Crippen LogP contribution in [0.3, 0.4) is 0 Å². The van der Waals surface area contributed by atoms with Crippen molar-refractivity contribution in [2.75, 3.05) is 20.3 Å². The summed E-state index contributed by atoms with van der Waals surface area (Å²) in [5, 5.41) is 20.0. The van der Waals surface area contributed by atoms with E-state index in [1.165, 1.54) is 11.8 Å². The first-order valence-corrected chi connectivity index (χ1v) is 10.9. The molecule has 0 aliphatic heterocycles. The number of para-hydroxylation sites is 1. The number of thioether (sulfide) groups is 1. The Balaban J connectivity index is 2.04. The maximum atomic E-state index is 11.5. The van der Waals surface area contributed by atoms with Crippen LogP contribution in [0.4, 0.5) is 0 Å². The Bertz CT molecular complexity index is 1030. The van der Waals surface area contributed by atoms with Crippen molar-refractivity contribution in [3.8, 4) is 17.2 Å². The molecule has 0 bridgehead atoms. The lowest BCUT2D eigenvalue weighted by Gasteiger charge is -2.18. The van der Waals surface area contributed by atoms with E-state index in [1.807, 2.05) is 48.7 Å². The molecule has 0 saturated carbocycles. The number of halogens is 1. The van der Waals surface area contributed by atoms with Gasteiger partial charge in [-0.05, 0) is 43.7 Å². The SMILES string of the molecule is CCOc1cc([C@H](C[N+](=O)[O-])Sc2nnc(C)n2-c2ccccc2)c(Br)cc1OC. The molecule has 30 heavy (non-hydrogen) atoms. The first-order valence-electron chi connectivity index (χ1n) is 9.20. The van der Waals surface area contributed by atoms with Crippen molar-refractivity contribution in [3.63, 3.8) is 0 Å². The average Bonchev–Trinajstić information content (AvgIpc) is 3.09. The van der Waals surface area contributed by atoms with Crippen molar-refractivity contribution >= 4 is 27.7 Å². The molecule has 0 radical (unpaired) electrons. The Morgan fingerprint density at radius 2 is 1.97 bits per heavy atom. The summed E-state index contributed by atoms with van der Waals surface area (Å²) >= 11 is 4.82. The van der Waals surface area contributed by atoms with Crippen molar-refractivity contribution in [3.05, 3.63) is 68.4 Å². The minimum atomic E-state index is -0.523. The maximum absolute atomic E-state index is 11.5. The van der Waals surface area contributed by atoms with Gasteiger partial charge in [-0.1, -0.05) is 45.9 Å². The van der Waals surface area contributed by atoms with Gasteiger partial charge in [0.15, 0.2) is 16.7 Å². The monoisotopic (exact) mass is 492 g/mol. The van der Waals surface area contributed by atoms with Crippen LogP contribution >= 0.6 is 27.7 Å². The van der Waals surface area contributed by atoms with Crippen molar-refractivity contribution < 1.29 is 14.4 Å². The third kappa shape index (κ3) is 4.93. The molecule has 0 unspecified atom stereocenters. The van der Waals surface area contributed by atoms with Crippen LogP contribution in [0, 0.1) is 17.0 Å². The molecule has 2 aromatic carbocycles. The number of aryl methyl sites for hydroxylation is 1. The number of ether oxygens (including phenoxy) is 2. The number of aromatic nitrogens is 3. The van der Waals surface area contributed by atoms with Gasteiger partial charge >= 0.3 is 0 Å². The van der Waals surface area contributed by atoms with Crippen molar-refractivity contribution in [1.29, 1.82) is 0 Å². The molecule has 0 spiro atoms. The van der Waals surface area contributed by atoms with Crippen LogP contribution in [0.2, 0.25) is 0 Å². The van der Waals surface area contributed by atoms with E-state index in [9.17, 15) is 10.1 Å². The van der Waals surface area contributed by atoms with Crippen LogP contribution in [-0.4, -0.2) is 39.9 Å².